The van der Waals surface area contributed by atoms with E-state index in [0.29, 0.717) is 13.0 Å². The zero-order valence-corrected chi connectivity index (χ0v) is 13.6. The van der Waals surface area contributed by atoms with Crippen molar-refractivity contribution in [2.24, 2.45) is 5.92 Å². The lowest BCUT2D eigenvalue weighted by molar-refractivity contribution is -0.141. The Morgan fingerprint density at radius 3 is 2.83 bits per heavy atom. The quantitative estimate of drug-likeness (QED) is 0.819. The van der Waals surface area contributed by atoms with Gasteiger partial charge in [0.2, 0.25) is 5.91 Å². The van der Waals surface area contributed by atoms with Gasteiger partial charge < -0.3 is 14.7 Å². The van der Waals surface area contributed by atoms with Crippen molar-refractivity contribution in [1.82, 2.24) is 4.90 Å². The van der Waals surface area contributed by atoms with Crippen LogP contribution in [0.2, 0.25) is 0 Å². The van der Waals surface area contributed by atoms with E-state index in [1.807, 2.05) is 31.2 Å². The third kappa shape index (κ3) is 4.58. The predicted octanol–water partition coefficient (Wildman–Crippen LogP) is 2.81. The van der Waals surface area contributed by atoms with Crippen LogP contribution in [-0.4, -0.2) is 41.1 Å². The molecule has 0 aliphatic carbocycles. The maximum Gasteiger partial charge on any atom is 0.308 e. The van der Waals surface area contributed by atoms with Gasteiger partial charge in [0.15, 0.2) is 0 Å². The van der Waals surface area contributed by atoms with Crippen molar-refractivity contribution in [3.05, 3.63) is 35.9 Å². The summed E-state index contributed by atoms with van der Waals surface area (Å²) in [6.07, 6.45) is 4.75. The van der Waals surface area contributed by atoms with Crippen LogP contribution in [0.15, 0.2) is 30.3 Å². The zero-order chi connectivity index (χ0) is 16.8. The highest BCUT2D eigenvalue weighted by Gasteiger charge is 2.29. The topological polar surface area (TPSA) is 66.8 Å². The number of nitrogens with zero attached hydrogens (tertiary/aromatic N) is 1. The number of amides is 1. The molecule has 0 bridgehead atoms. The largest absolute Gasteiger partial charge is 0.490 e. The number of para-hydroxylation sites is 1. The number of rotatable bonds is 6. The molecule has 0 spiro atoms. The van der Waals surface area contributed by atoms with E-state index in [1.54, 1.807) is 11.0 Å². The van der Waals surface area contributed by atoms with Crippen LogP contribution in [0.3, 0.4) is 0 Å². The minimum absolute atomic E-state index is 0.107. The van der Waals surface area contributed by atoms with Gasteiger partial charge in [0.1, 0.15) is 5.75 Å². The summed E-state index contributed by atoms with van der Waals surface area (Å²) < 4.78 is 5.85. The van der Waals surface area contributed by atoms with E-state index in [1.165, 1.54) is 6.08 Å². The summed E-state index contributed by atoms with van der Waals surface area (Å²) in [5.41, 5.74) is 0.843. The molecule has 23 heavy (non-hydrogen) atoms. The summed E-state index contributed by atoms with van der Waals surface area (Å²) in [5, 5.41) is 8.99. The fourth-order valence-corrected chi connectivity index (χ4v) is 2.45. The van der Waals surface area contributed by atoms with E-state index in [4.69, 9.17) is 9.84 Å². The molecule has 1 saturated heterocycles. The van der Waals surface area contributed by atoms with Crippen molar-refractivity contribution in [2.75, 3.05) is 13.1 Å². The highest BCUT2D eigenvalue weighted by molar-refractivity contribution is 5.92. The number of hydrogen-bond acceptors (Lipinski definition) is 3. The molecule has 1 heterocycles. The molecule has 1 aromatic rings. The smallest absolute Gasteiger partial charge is 0.308 e. The number of carbonyl (C=O) groups excluding carboxylic acids is 1. The molecule has 5 heteroatoms. The standard InChI is InChI=1S/C18H23NO4/c1-3-13(2)23-16-7-5-4-6-14(16)8-9-17(20)19-11-10-15(12-19)18(21)22/h4-9,13,15H,3,10-12H2,1-2H3,(H,21,22)/b9-8+. The van der Waals surface area contributed by atoms with Gasteiger partial charge in [-0.15, -0.1) is 0 Å². The summed E-state index contributed by atoms with van der Waals surface area (Å²) in [4.78, 5) is 24.7. The van der Waals surface area contributed by atoms with Gasteiger partial charge in [-0.3, -0.25) is 9.59 Å². The third-order valence-corrected chi connectivity index (χ3v) is 4.08. The van der Waals surface area contributed by atoms with Crippen molar-refractivity contribution in [2.45, 2.75) is 32.8 Å². The number of hydrogen-bond donors (Lipinski definition) is 1. The molecule has 0 radical (unpaired) electrons. The van der Waals surface area contributed by atoms with Gasteiger partial charge in [-0.25, -0.2) is 0 Å². The second-order valence-electron chi connectivity index (χ2n) is 5.82. The number of likely N-dealkylation sites (tertiary alicyclic amines) is 1. The van der Waals surface area contributed by atoms with Crippen molar-refractivity contribution >= 4 is 18.0 Å². The van der Waals surface area contributed by atoms with E-state index in [-0.39, 0.29) is 18.6 Å². The molecule has 5 nitrogen and oxygen atoms in total. The van der Waals surface area contributed by atoms with E-state index in [2.05, 4.69) is 6.92 Å². The Labute approximate surface area is 136 Å². The Kier molecular flexibility index (Phi) is 5.79. The molecule has 0 aromatic heterocycles. The van der Waals surface area contributed by atoms with Crippen LogP contribution in [0.1, 0.15) is 32.3 Å². The number of benzene rings is 1. The van der Waals surface area contributed by atoms with Crippen molar-refractivity contribution in [3.8, 4) is 5.75 Å². The molecule has 1 aliphatic rings. The van der Waals surface area contributed by atoms with Crippen LogP contribution < -0.4 is 4.74 Å². The molecule has 0 saturated carbocycles. The first-order valence-electron chi connectivity index (χ1n) is 7.96. The van der Waals surface area contributed by atoms with E-state index in [9.17, 15) is 9.59 Å². The molecule has 2 atom stereocenters. The molecular formula is C18H23NO4. The molecule has 1 amide bonds. The lowest BCUT2D eigenvalue weighted by atomic mass is 10.1. The fourth-order valence-electron chi connectivity index (χ4n) is 2.45. The van der Waals surface area contributed by atoms with Crippen molar-refractivity contribution in [3.63, 3.8) is 0 Å². The third-order valence-electron chi connectivity index (χ3n) is 4.08. The monoisotopic (exact) mass is 317 g/mol. The highest BCUT2D eigenvalue weighted by atomic mass is 16.5. The number of aliphatic carboxylic acids is 1. The molecule has 1 aliphatic heterocycles. The number of carboxylic acids is 1. The summed E-state index contributed by atoms with van der Waals surface area (Å²) in [5.74, 6) is -0.701. The van der Waals surface area contributed by atoms with E-state index >= 15 is 0 Å². The van der Waals surface area contributed by atoms with Crippen LogP contribution in [0, 0.1) is 5.92 Å². The van der Waals surface area contributed by atoms with Crippen LogP contribution in [-0.2, 0) is 9.59 Å². The Hall–Kier alpha value is -2.30. The summed E-state index contributed by atoms with van der Waals surface area (Å²) in [7, 11) is 0. The summed E-state index contributed by atoms with van der Waals surface area (Å²) in [6, 6.07) is 7.57. The van der Waals surface area contributed by atoms with Gasteiger partial charge in [0.25, 0.3) is 0 Å². The fraction of sp³-hybridized carbons (Fsp3) is 0.444. The minimum Gasteiger partial charge on any atom is -0.490 e. The maximum atomic E-state index is 12.2. The van der Waals surface area contributed by atoms with Crippen LogP contribution in [0.25, 0.3) is 6.08 Å². The van der Waals surface area contributed by atoms with Gasteiger partial charge in [0, 0.05) is 24.7 Å². The predicted molar refractivity (Wildman–Crippen MR) is 88.2 cm³/mol. The van der Waals surface area contributed by atoms with Crippen LogP contribution in [0.5, 0.6) is 5.75 Å². The van der Waals surface area contributed by atoms with E-state index in [0.717, 1.165) is 17.7 Å². The normalized spacial score (nSPS) is 19.0. The van der Waals surface area contributed by atoms with E-state index < -0.39 is 11.9 Å². The molecule has 2 rings (SSSR count). The molecule has 1 N–H and O–H groups in total. The Bertz CT molecular complexity index is 596. The molecule has 1 aromatic carbocycles. The average Bonchev–Trinajstić information content (AvgIpc) is 3.04. The van der Waals surface area contributed by atoms with Gasteiger partial charge in [0.05, 0.1) is 12.0 Å². The Morgan fingerprint density at radius 1 is 1.43 bits per heavy atom. The van der Waals surface area contributed by atoms with Gasteiger partial charge in [-0.2, -0.15) is 0 Å². The minimum atomic E-state index is -0.837. The van der Waals surface area contributed by atoms with Crippen molar-refractivity contribution in [1.29, 1.82) is 0 Å². The van der Waals surface area contributed by atoms with Crippen LogP contribution >= 0.6 is 0 Å². The SMILES string of the molecule is CCC(C)Oc1ccccc1/C=C/C(=O)N1CCC(C(=O)O)C1. The second-order valence-corrected chi connectivity index (χ2v) is 5.82. The maximum absolute atomic E-state index is 12.2. The second kappa shape index (κ2) is 7.81. The number of carboxylic acid groups (broad SMARTS) is 1. The van der Waals surface area contributed by atoms with Crippen molar-refractivity contribution < 1.29 is 19.4 Å². The zero-order valence-electron chi connectivity index (χ0n) is 13.6. The molecular weight excluding hydrogens is 294 g/mol. The van der Waals surface area contributed by atoms with Crippen LogP contribution in [0.4, 0.5) is 0 Å². The summed E-state index contributed by atoms with van der Waals surface area (Å²) >= 11 is 0. The average molecular weight is 317 g/mol. The Morgan fingerprint density at radius 2 is 2.17 bits per heavy atom. The first kappa shape index (κ1) is 17.1. The van der Waals surface area contributed by atoms with Gasteiger partial charge in [-0.05, 0) is 31.9 Å². The lowest BCUT2D eigenvalue weighted by Gasteiger charge is -2.15. The first-order valence-corrected chi connectivity index (χ1v) is 7.96. The Balaban J connectivity index is 2.03. The lowest BCUT2D eigenvalue weighted by Crippen LogP contribution is -2.28. The van der Waals surface area contributed by atoms with Gasteiger partial charge >= 0.3 is 5.97 Å². The molecule has 1 fully saturated rings. The first-order chi connectivity index (χ1) is 11.0. The molecule has 124 valence electrons. The highest BCUT2D eigenvalue weighted by Crippen LogP contribution is 2.22. The number of ether oxygens (including phenoxy) is 1. The summed E-state index contributed by atoms with van der Waals surface area (Å²) in [6.45, 7) is 4.83. The van der Waals surface area contributed by atoms with Gasteiger partial charge in [-0.1, -0.05) is 25.1 Å². The molecule has 2 unspecified atom stereocenters. The number of carbonyl (C=O) groups is 2.